The van der Waals surface area contributed by atoms with Gasteiger partial charge in [-0.05, 0) is 56.1 Å². The summed E-state index contributed by atoms with van der Waals surface area (Å²) in [6.07, 6.45) is 0. The van der Waals surface area contributed by atoms with Crippen LogP contribution in [0.4, 0.5) is 11.4 Å². The monoisotopic (exact) mass is 465 g/mol. The van der Waals surface area contributed by atoms with Gasteiger partial charge >= 0.3 is 5.69 Å². The zero-order chi connectivity index (χ0) is 24.5. The van der Waals surface area contributed by atoms with Crippen molar-refractivity contribution < 1.29 is 23.9 Å². The number of rotatable bonds is 11. The molecule has 0 saturated heterocycles. The molecule has 0 aliphatic rings. The molecule has 0 fully saturated rings. The first-order valence-electron chi connectivity index (χ1n) is 10.6. The van der Waals surface area contributed by atoms with E-state index < -0.39 is 16.5 Å². The number of ether oxygens (including phenoxy) is 3. The van der Waals surface area contributed by atoms with E-state index in [2.05, 4.69) is 5.32 Å². The second kappa shape index (κ2) is 11.7. The fraction of sp³-hybridized carbons (Fsp3) is 0.240. The molecule has 178 valence electrons. The van der Waals surface area contributed by atoms with Crippen LogP contribution in [0.2, 0.25) is 0 Å². The van der Waals surface area contributed by atoms with Gasteiger partial charge in [-0.25, -0.2) is 0 Å². The Morgan fingerprint density at radius 2 is 1.71 bits per heavy atom. The zero-order valence-electron chi connectivity index (χ0n) is 19.3. The second-order valence-corrected chi connectivity index (χ2v) is 7.65. The summed E-state index contributed by atoms with van der Waals surface area (Å²) in [6.45, 7) is 1.34. The topological polar surface area (TPSA) is 103 Å². The normalized spacial score (nSPS) is 10.6. The number of nitrogens with zero attached hydrogens (tertiary/aromatic N) is 2. The summed E-state index contributed by atoms with van der Waals surface area (Å²) >= 11 is 0. The first-order valence-corrected chi connectivity index (χ1v) is 10.6. The molecule has 34 heavy (non-hydrogen) atoms. The van der Waals surface area contributed by atoms with Gasteiger partial charge in [0.1, 0.15) is 24.5 Å². The van der Waals surface area contributed by atoms with Crippen LogP contribution in [0.3, 0.4) is 0 Å². The minimum absolute atomic E-state index is 0.0962. The molecule has 0 aromatic heterocycles. The van der Waals surface area contributed by atoms with Crippen LogP contribution in [0.25, 0.3) is 0 Å². The third kappa shape index (κ3) is 6.46. The fourth-order valence-electron chi connectivity index (χ4n) is 3.14. The summed E-state index contributed by atoms with van der Waals surface area (Å²) in [7, 11) is 5.08. The van der Waals surface area contributed by atoms with E-state index in [1.165, 1.54) is 19.2 Å². The summed E-state index contributed by atoms with van der Waals surface area (Å²) in [4.78, 5) is 25.9. The van der Waals surface area contributed by atoms with Gasteiger partial charge in [0.05, 0.1) is 12.0 Å². The predicted octanol–water partition coefficient (Wildman–Crippen LogP) is 4.38. The Balaban J connectivity index is 1.72. The van der Waals surface area contributed by atoms with Crippen molar-refractivity contribution in [2.45, 2.75) is 6.61 Å². The van der Waals surface area contributed by atoms with Crippen molar-refractivity contribution in [2.24, 2.45) is 0 Å². The van der Waals surface area contributed by atoms with Crippen LogP contribution >= 0.6 is 0 Å². The lowest BCUT2D eigenvalue weighted by Crippen LogP contribution is -2.20. The van der Waals surface area contributed by atoms with Crippen molar-refractivity contribution in [3.8, 4) is 17.2 Å². The molecule has 9 heteroatoms. The van der Waals surface area contributed by atoms with E-state index in [0.29, 0.717) is 31.2 Å². The molecule has 3 rings (SSSR count). The quantitative estimate of drug-likeness (QED) is 0.331. The first kappa shape index (κ1) is 24.5. The highest BCUT2D eigenvalue weighted by Gasteiger charge is 2.29. The minimum atomic E-state index is -0.646. The van der Waals surface area contributed by atoms with Gasteiger partial charge in [-0.2, -0.15) is 0 Å². The number of methoxy groups -OCH3 is 1. The molecule has 0 unspecified atom stereocenters. The van der Waals surface area contributed by atoms with E-state index in [1.807, 2.05) is 49.3 Å². The molecule has 0 aliphatic carbocycles. The number of amides is 1. The maximum Gasteiger partial charge on any atom is 0.327 e. The largest absolute Gasteiger partial charge is 0.489 e. The maximum absolute atomic E-state index is 12.9. The van der Waals surface area contributed by atoms with Gasteiger partial charge in [0.2, 0.25) is 5.75 Å². The molecule has 9 nitrogen and oxygen atoms in total. The molecule has 0 atom stereocenters. The standard InChI is InChI=1S/C25H27N3O6/c1-27(2)15-16-33-22-14-13-21(23(28(30)31)24(22)32-3)25(29)26-19-9-11-20(12-10-19)34-17-18-7-5-4-6-8-18/h4-14H,15-17H2,1-3H3,(H,26,29). The minimum Gasteiger partial charge on any atom is -0.489 e. The zero-order valence-corrected chi connectivity index (χ0v) is 19.3. The number of carbonyl (C=O) groups is 1. The van der Waals surface area contributed by atoms with Gasteiger partial charge in [0, 0.05) is 12.2 Å². The van der Waals surface area contributed by atoms with Gasteiger partial charge in [0.25, 0.3) is 5.91 Å². The number of benzene rings is 3. The molecule has 1 N–H and O–H groups in total. The van der Waals surface area contributed by atoms with E-state index in [9.17, 15) is 14.9 Å². The smallest absolute Gasteiger partial charge is 0.327 e. The molecule has 3 aromatic carbocycles. The Labute approximate surface area is 198 Å². The van der Waals surface area contributed by atoms with E-state index in [4.69, 9.17) is 14.2 Å². The van der Waals surface area contributed by atoms with Gasteiger partial charge in [-0.3, -0.25) is 14.9 Å². The highest BCUT2D eigenvalue weighted by molar-refractivity contribution is 6.08. The van der Waals surface area contributed by atoms with E-state index in [-0.39, 0.29) is 17.1 Å². The molecule has 0 heterocycles. The number of nitrogens with one attached hydrogen (secondary N) is 1. The molecule has 0 aliphatic heterocycles. The SMILES string of the molecule is COc1c(OCCN(C)C)ccc(C(=O)Nc2ccc(OCc3ccccc3)cc2)c1[N+](=O)[O-]. The Morgan fingerprint density at radius 1 is 1.00 bits per heavy atom. The molecular formula is C25H27N3O6. The van der Waals surface area contributed by atoms with Gasteiger partial charge in [0.15, 0.2) is 5.75 Å². The number of hydrogen-bond acceptors (Lipinski definition) is 7. The lowest BCUT2D eigenvalue weighted by Gasteiger charge is -2.15. The lowest BCUT2D eigenvalue weighted by molar-refractivity contribution is -0.386. The van der Waals surface area contributed by atoms with Crippen LogP contribution in [0.5, 0.6) is 17.2 Å². The van der Waals surface area contributed by atoms with Crippen LogP contribution < -0.4 is 19.5 Å². The Morgan fingerprint density at radius 3 is 2.32 bits per heavy atom. The number of anilines is 1. The molecule has 0 radical (unpaired) electrons. The van der Waals surface area contributed by atoms with Crippen molar-refractivity contribution in [1.82, 2.24) is 4.90 Å². The highest BCUT2D eigenvalue weighted by Crippen LogP contribution is 2.40. The van der Waals surface area contributed by atoms with Crippen molar-refractivity contribution in [1.29, 1.82) is 0 Å². The van der Waals surface area contributed by atoms with Crippen LogP contribution in [0.1, 0.15) is 15.9 Å². The maximum atomic E-state index is 12.9. The van der Waals surface area contributed by atoms with Crippen molar-refractivity contribution in [3.05, 3.63) is 88.0 Å². The Bertz CT molecular complexity index is 1120. The summed E-state index contributed by atoms with van der Waals surface area (Å²) in [5.74, 6) is 0.102. The van der Waals surface area contributed by atoms with Gasteiger partial charge < -0.3 is 24.4 Å². The summed E-state index contributed by atoms with van der Waals surface area (Å²) < 4.78 is 16.6. The van der Waals surface area contributed by atoms with E-state index in [0.717, 1.165) is 5.56 Å². The van der Waals surface area contributed by atoms with E-state index in [1.54, 1.807) is 24.3 Å². The molecular weight excluding hydrogens is 438 g/mol. The van der Waals surface area contributed by atoms with Gasteiger partial charge in [-0.1, -0.05) is 30.3 Å². The third-order valence-electron chi connectivity index (χ3n) is 4.88. The van der Waals surface area contributed by atoms with Crippen molar-refractivity contribution in [3.63, 3.8) is 0 Å². The predicted molar refractivity (Wildman–Crippen MR) is 129 cm³/mol. The lowest BCUT2D eigenvalue weighted by atomic mass is 10.1. The number of likely N-dealkylation sites (N-methyl/N-ethyl adjacent to an activating group) is 1. The van der Waals surface area contributed by atoms with Crippen LogP contribution in [0.15, 0.2) is 66.7 Å². The molecule has 0 spiro atoms. The number of hydrogen-bond donors (Lipinski definition) is 1. The molecule has 0 saturated carbocycles. The van der Waals surface area contributed by atoms with Crippen LogP contribution in [-0.4, -0.2) is 50.1 Å². The summed E-state index contributed by atoms with van der Waals surface area (Å²) in [6, 6.07) is 19.4. The fourth-order valence-corrected chi connectivity index (χ4v) is 3.14. The molecule has 1 amide bonds. The second-order valence-electron chi connectivity index (χ2n) is 7.65. The van der Waals surface area contributed by atoms with E-state index >= 15 is 0 Å². The van der Waals surface area contributed by atoms with Crippen molar-refractivity contribution in [2.75, 3.05) is 39.7 Å². The average Bonchev–Trinajstić information content (AvgIpc) is 2.83. The Hall–Kier alpha value is -4.11. The number of nitro benzene ring substituents is 1. The van der Waals surface area contributed by atoms with Gasteiger partial charge in [-0.15, -0.1) is 0 Å². The average molecular weight is 466 g/mol. The molecule has 3 aromatic rings. The number of nitro groups is 1. The number of carbonyl (C=O) groups excluding carboxylic acids is 1. The summed E-state index contributed by atoms with van der Waals surface area (Å²) in [5.41, 5.74) is 0.920. The summed E-state index contributed by atoms with van der Waals surface area (Å²) in [5, 5.41) is 14.5. The highest BCUT2D eigenvalue weighted by atomic mass is 16.6. The molecule has 0 bridgehead atoms. The third-order valence-corrected chi connectivity index (χ3v) is 4.88. The Kier molecular flexibility index (Phi) is 8.42. The van der Waals surface area contributed by atoms with Crippen LogP contribution in [-0.2, 0) is 6.61 Å². The van der Waals surface area contributed by atoms with Crippen molar-refractivity contribution >= 4 is 17.3 Å². The first-order chi connectivity index (χ1) is 16.4. The van der Waals surface area contributed by atoms with Crippen LogP contribution in [0, 0.1) is 10.1 Å².